The molecule has 0 aromatic heterocycles. The minimum atomic E-state index is -0.898. The summed E-state index contributed by atoms with van der Waals surface area (Å²) in [5.41, 5.74) is 2.25. The van der Waals surface area contributed by atoms with Crippen molar-refractivity contribution >= 4 is 11.7 Å². The fraction of sp³-hybridized carbons (Fsp3) is 0.429. The third kappa shape index (κ3) is 4.98. The highest BCUT2D eigenvalue weighted by Gasteiger charge is 2.13. The summed E-state index contributed by atoms with van der Waals surface area (Å²) in [6.45, 7) is 4.55. The molecule has 1 atom stereocenters. The molecule has 0 aliphatic heterocycles. The van der Waals surface area contributed by atoms with Gasteiger partial charge in [-0.3, -0.25) is 4.79 Å². The number of benzene rings is 1. The normalized spacial score (nSPS) is 11.6. The highest BCUT2D eigenvalue weighted by molar-refractivity contribution is 5.67. The number of hydrogen-bond acceptors (Lipinski definition) is 4. The van der Waals surface area contributed by atoms with E-state index >= 15 is 0 Å². The number of aryl methyl sites for hydroxylation is 1. The molecule has 19 heavy (non-hydrogen) atoms. The van der Waals surface area contributed by atoms with Crippen LogP contribution in [0.25, 0.3) is 0 Å². The number of nitrogens with one attached hydrogen (secondary N) is 1. The van der Waals surface area contributed by atoms with Crippen LogP contribution in [-0.4, -0.2) is 30.3 Å². The Morgan fingerprint density at radius 3 is 2.89 bits per heavy atom. The van der Waals surface area contributed by atoms with Gasteiger partial charge in [-0.05, 0) is 31.5 Å². The highest BCUT2D eigenvalue weighted by atomic mass is 16.5. The van der Waals surface area contributed by atoms with Crippen LogP contribution in [-0.2, 0) is 9.53 Å². The Bertz CT molecular complexity index is 480. The molecule has 1 aromatic rings. The van der Waals surface area contributed by atoms with Crippen LogP contribution in [0.15, 0.2) is 18.2 Å². The number of anilines is 1. The van der Waals surface area contributed by atoms with Crippen molar-refractivity contribution in [3.8, 4) is 6.07 Å². The molecule has 0 saturated heterocycles. The zero-order valence-corrected chi connectivity index (χ0v) is 11.1. The largest absolute Gasteiger partial charge is 0.481 e. The first-order chi connectivity index (χ1) is 9.06. The van der Waals surface area contributed by atoms with Crippen LogP contribution in [0.4, 0.5) is 5.69 Å². The van der Waals surface area contributed by atoms with Crippen molar-refractivity contribution < 1.29 is 14.6 Å². The van der Waals surface area contributed by atoms with E-state index in [2.05, 4.69) is 11.4 Å². The Morgan fingerprint density at radius 1 is 1.58 bits per heavy atom. The minimum absolute atomic E-state index is 0.0609. The van der Waals surface area contributed by atoms with Crippen molar-refractivity contribution in [2.45, 2.75) is 26.4 Å². The smallest absolute Gasteiger partial charge is 0.306 e. The first kappa shape index (κ1) is 15.0. The number of carboxylic acid groups (broad SMARTS) is 1. The first-order valence-corrected chi connectivity index (χ1v) is 6.14. The summed E-state index contributed by atoms with van der Waals surface area (Å²) in [5, 5.41) is 20.9. The van der Waals surface area contributed by atoms with Crippen LogP contribution < -0.4 is 5.32 Å². The predicted octanol–water partition coefficient (Wildman–Crippen LogP) is 2.16. The molecule has 0 bridgehead atoms. The number of aliphatic carboxylic acids is 1. The van der Waals surface area contributed by atoms with Crippen LogP contribution >= 0.6 is 0 Å². The van der Waals surface area contributed by atoms with Gasteiger partial charge in [0.2, 0.25) is 0 Å². The first-order valence-electron chi connectivity index (χ1n) is 6.14. The van der Waals surface area contributed by atoms with Gasteiger partial charge in [-0.15, -0.1) is 0 Å². The Hall–Kier alpha value is -2.06. The molecular weight excluding hydrogens is 244 g/mol. The summed E-state index contributed by atoms with van der Waals surface area (Å²) in [7, 11) is 0. The van der Waals surface area contributed by atoms with Gasteiger partial charge in [-0.25, -0.2) is 0 Å². The van der Waals surface area contributed by atoms with Crippen molar-refractivity contribution in [2.75, 3.05) is 18.5 Å². The summed E-state index contributed by atoms with van der Waals surface area (Å²) in [6, 6.07) is 7.62. The average molecular weight is 262 g/mol. The van der Waals surface area contributed by atoms with Gasteiger partial charge in [-0.1, -0.05) is 6.07 Å². The summed E-state index contributed by atoms with van der Waals surface area (Å²) < 4.78 is 5.35. The summed E-state index contributed by atoms with van der Waals surface area (Å²) in [6.07, 6.45) is -0.468. The molecular formula is C14H18N2O3. The van der Waals surface area contributed by atoms with E-state index in [1.165, 1.54) is 0 Å². The lowest BCUT2D eigenvalue weighted by molar-refractivity contribution is -0.139. The maximum absolute atomic E-state index is 10.7. The molecule has 1 unspecified atom stereocenters. The maximum atomic E-state index is 10.7. The molecule has 5 nitrogen and oxygen atoms in total. The van der Waals surface area contributed by atoms with E-state index in [0.29, 0.717) is 24.4 Å². The molecule has 0 aliphatic rings. The van der Waals surface area contributed by atoms with Crippen LogP contribution in [0.1, 0.15) is 24.5 Å². The number of hydrogen-bond donors (Lipinski definition) is 2. The summed E-state index contributed by atoms with van der Waals surface area (Å²) >= 11 is 0. The second kappa shape index (κ2) is 7.39. The zero-order chi connectivity index (χ0) is 14.3. The van der Waals surface area contributed by atoms with Gasteiger partial charge in [0, 0.05) is 13.2 Å². The van der Waals surface area contributed by atoms with Gasteiger partial charge in [0.05, 0.1) is 23.8 Å². The Labute approximate surface area is 112 Å². The van der Waals surface area contributed by atoms with E-state index in [4.69, 9.17) is 15.1 Å². The summed E-state index contributed by atoms with van der Waals surface area (Å²) in [4.78, 5) is 10.7. The second-order valence-corrected chi connectivity index (χ2v) is 4.22. The van der Waals surface area contributed by atoms with Crippen molar-refractivity contribution in [1.29, 1.82) is 5.26 Å². The van der Waals surface area contributed by atoms with E-state index in [-0.39, 0.29) is 6.42 Å². The summed E-state index contributed by atoms with van der Waals surface area (Å²) in [5.74, 6) is -0.898. The van der Waals surface area contributed by atoms with E-state index in [1.54, 1.807) is 6.07 Å². The lowest BCUT2D eigenvalue weighted by Crippen LogP contribution is -2.26. The Balaban J connectivity index is 2.68. The highest BCUT2D eigenvalue weighted by Crippen LogP contribution is 2.16. The fourth-order valence-corrected chi connectivity index (χ4v) is 1.75. The molecule has 1 rings (SSSR count). The molecule has 0 spiro atoms. The van der Waals surface area contributed by atoms with Gasteiger partial charge in [0.15, 0.2) is 0 Å². The lowest BCUT2D eigenvalue weighted by atomic mass is 10.1. The molecule has 0 saturated carbocycles. The molecule has 0 aliphatic carbocycles. The van der Waals surface area contributed by atoms with E-state index < -0.39 is 12.1 Å². The number of carboxylic acids is 1. The average Bonchev–Trinajstić information content (AvgIpc) is 2.36. The SMILES string of the molecule is CCOC(CNc1ccc(C)cc1C#N)CC(=O)O. The number of carbonyl (C=O) groups is 1. The number of nitriles is 1. The quantitative estimate of drug-likeness (QED) is 0.786. The zero-order valence-electron chi connectivity index (χ0n) is 11.1. The standard InChI is InChI=1S/C14H18N2O3/c1-3-19-12(7-14(17)18)9-16-13-5-4-10(2)6-11(13)8-15/h4-6,12,16H,3,7,9H2,1-2H3,(H,17,18). The van der Waals surface area contributed by atoms with Crippen LogP contribution in [0, 0.1) is 18.3 Å². The molecule has 0 heterocycles. The molecule has 1 aromatic carbocycles. The van der Waals surface area contributed by atoms with E-state index in [0.717, 1.165) is 5.56 Å². The second-order valence-electron chi connectivity index (χ2n) is 4.22. The molecule has 2 N–H and O–H groups in total. The van der Waals surface area contributed by atoms with Gasteiger partial charge in [0.1, 0.15) is 6.07 Å². The van der Waals surface area contributed by atoms with Crippen LogP contribution in [0.3, 0.4) is 0 Å². The molecule has 102 valence electrons. The van der Waals surface area contributed by atoms with E-state index in [9.17, 15) is 4.79 Å². The van der Waals surface area contributed by atoms with Gasteiger partial charge in [0.25, 0.3) is 0 Å². The molecule has 0 amide bonds. The topological polar surface area (TPSA) is 82.3 Å². The van der Waals surface area contributed by atoms with Crippen molar-refractivity contribution in [3.63, 3.8) is 0 Å². The van der Waals surface area contributed by atoms with Gasteiger partial charge in [-0.2, -0.15) is 5.26 Å². The third-order valence-electron chi connectivity index (χ3n) is 2.62. The molecule has 5 heteroatoms. The van der Waals surface area contributed by atoms with Crippen molar-refractivity contribution in [3.05, 3.63) is 29.3 Å². The van der Waals surface area contributed by atoms with Crippen molar-refractivity contribution in [1.82, 2.24) is 0 Å². The number of ether oxygens (including phenoxy) is 1. The number of rotatable bonds is 7. The third-order valence-corrected chi connectivity index (χ3v) is 2.62. The monoisotopic (exact) mass is 262 g/mol. The van der Waals surface area contributed by atoms with Gasteiger partial charge < -0.3 is 15.2 Å². The van der Waals surface area contributed by atoms with E-state index in [1.807, 2.05) is 26.0 Å². The maximum Gasteiger partial charge on any atom is 0.306 e. The molecule has 0 fully saturated rings. The Kier molecular flexibility index (Phi) is 5.83. The van der Waals surface area contributed by atoms with Gasteiger partial charge >= 0.3 is 5.97 Å². The molecule has 0 radical (unpaired) electrons. The predicted molar refractivity (Wildman–Crippen MR) is 72.1 cm³/mol. The lowest BCUT2D eigenvalue weighted by Gasteiger charge is -2.17. The number of nitrogens with zero attached hydrogens (tertiary/aromatic N) is 1. The fourth-order valence-electron chi connectivity index (χ4n) is 1.75. The minimum Gasteiger partial charge on any atom is -0.481 e. The van der Waals surface area contributed by atoms with Crippen LogP contribution in [0.5, 0.6) is 0 Å². The van der Waals surface area contributed by atoms with Crippen molar-refractivity contribution in [2.24, 2.45) is 0 Å². The van der Waals surface area contributed by atoms with Crippen LogP contribution in [0.2, 0.25) is 0 Å². The Morgan fingerprint density at radius 2 is 2.32 bits per heavy atom.